The van der Waals surface area contributed by atoms with Gasteiger partial charge in [-0.15, -0.1) is 0 Å². The van der Waals surface area contributed by atoms with Crippen molar-refractivity contribution in [3.8, 4) is 0 Å². The Bertz CT molecular complexity index is 2320. The van der Waals surface area contributed by atoms with Crippen LogP contribution in [0, 0.1) is 0 Å². The molecule has 0 aliphatic carbocycles. The molecule has 0 aromatic carbocycles. The van der Waals surface area contributed by atoms with Gasteiger partial charge in [-0.2, -0.15) is 0 Å². The number of ether oxygens (including phenoxy) is 4. The highest BCUT2D eigenvalue weighted by Gasteiger charge is 2.30. The molecule has 17 nitrogen and oxygen atoms in total. The van der Waals surface area contributed by atoms with Gasteiger partial charge in [-0.1, -0.05) is 259 Å². The van der Waals surface area contributed by atoms with Crippen LogP contribution < -0.4 is 0 Å². The number of hydrogen-bond acceptors (Lipinski definition) is 15. The molecular weight excluding hydrogens is 1310 g/mol. The summed E-state index contributed by atoms with van der Waals surface area (Å²) in [4.78, 5) is 72.9. The lowest BCUT2D eigenvalue weighted by atomic mass is 10.1. The Balaban J connectivity index is 5.37. The molecule has 0 aromatic heterocycles. The van der Waals surface area contributed by atoms with E-state index in [0.29, 0.717) is 25.7 Å². The van der Waals surface area contributed by atoms with Crippen molar-refractivity contribution in [2.45, 2.75) is 341 Å². The summed E-state index contributed by atoms with van der Waals surface area (Å²) in [5.41, 5.74) is 0. The molecule has 100 heavy (non-hydrogen) atoms. The Labute approximate surface area is 607 Å². The standard InChI is InChI=1S/C81H140O17P2/c1-5-9-13-17-21-25-29-33-35-36-37-38-40-43-46-50-54-58-62-66-79(84)92-72-77(98-81(86)68-64-60-56-52-48-44-39-34-30-26-22-18-14-10-6-2)74-96-100(89,90)94-70-75(82)69-93-99(87,88)95-73-76(97-80(85)67-63-59-55-51-47-42-32-28-24-20-16-12-8-4)71-91-78(83)65-61-57-53-49-45-41-31-27-23-19-15-11-7-3/h10,14-15,19,21-22,25-28,31-35,37-39,75-77,82H,5-9,11-13,16-18,20,23-24,29-30,36,40-74H2,1-4H3,(H,87,88)(H,89,90)/b14-10-,19-15-,25-21-,26-22-,31-27-,32-28-,35-33-,38-37-,39-34-. The molecule has 19 heteroatoms. The average molecular weight is 1450 g/mol. The minimum Gasteiger partial charge on any atom is -0.462 e. The predicted octanol–water partition coefficient (Wildman–Crippen LogP) is 22.6. The first-order chi connectivity index (χ1) is 48.7. The van der Waals surface area contributed by atoms with Crippen LogP contribution in [0.2, 0.25) is 0 Å². The molecule has 0 heterocycles. The topological polar surface area (TPSA) is 237 Å². The number of phosphoric ester groups is 2. The molecule has 576 valence electrons. The van der Waals surface area contributed by atoms with Crippen LogP contribution in [0.5, 0.6) is 0 Å². The zero-order chi connectivity index (χ0) is 73.2. The van der Waals surface area contributed by atoms with E-state index in [9.17, 15) is 43.2 Å². The number of unbranched alkanes of at least 4 members (excludes halogenated alkanes) is 29. The zero-order valence-electron chi connectivity index (χ0n) is 62.8. The summed E-state index contributed by atoms with van der Waals surface area (Å²) in [5, 5.41) is 10.6. The molecule has 0 aliphatic rings. The van der Waals surface area contributed by atoms with Gasteiger partial charge in [0.1, 0.15) is 19.3 Å². The first-order valence-corrected chi connectivity index (χ1v) is 42.1. The van der Waals surface area contributed by atoms with Crippen LogP contribution in [0.1, 0.15) is 323 Å². The van der Waals surface area contributed by atoms with Crippen LogP contribution in [0.4, 0.5) is 0 Å². The Hall–Kier alpha value is -4.28. The fourth-order valence-corrected chi connectivity index (χ4v) is 11.8. The van der Waals surface area contributed by atoms with Crippen LogP contribution in [0.15, 0.2) is 109 Å². The van der Waals surface area contributed by atoms with E-state index in [1.165, 1.54) is 44.9 Å². The smallest absolute Gasteiger partial charge is 0.462 e. The molecule has 5 unspecified atom stereocenters. The maximum Gasteiger partial charge on any atom is 0.472 e. The molecule has 0 aromatic rings. The highest BCUT2D eigenvalue weighted by Crippen LogP contribution is 2.45. The predicted molar refractivity (Wildman–Crippen MR) is 408 cm³/mol. The molecule has 0 aliphatic heterocycles. The Morgan fingerprint density at radius 1 is 0.290 bits per heavy atom. The third kappa shape index (κ3) is 72.1. The van der Waals surface area contributed by atoms with Crippen LogP contribution >= 0.6 is 15.6 Å². The first kappa shape index (κ1) is 95.7. The lowest BCUT2D eigenvalue weighted by Crippen LogP contribution is -2.30. The van der Waals surface area contributed by atoms with Crippen molar-refractivity contribution in [3.05, 3.63) is 109 Å². The van der Waals surface area contributed by atoms with Crippen LogP contribution in [-0.2, 0) is 65.4 Å². The number of carbonyl (C=O) groups excluding carboxylic acids is 4. The average Bonchev–Trinajstić information content (AvgIpc) is 0.946. The number of phosphoric acid groups is 2. The van der Waals surface area contributed by atoms with E-state index >= 15 is 0 Å². The van der Waals surface area contributed by atoms with Gasteiger partial charge in [-0.25, -0.2) is 9.13 Å². The molecule has 0 fully saturated rings. The van der Waals surface area contributed by atoms with Crippen molar-refractivity contribution < 1.29 is 80.2 Å². The zero-order valence-corrected chi connectivity index (χ0v) is 64.6. The van der Waals surface area contributed by atoms with Gasteiger partial charge in [0, 0.05) is 25.7 Å². The Morgan fingerprint density at radius 2 is 0.540 bits per heavy atom. The summed E-state index contributed by atoms with van der Waals surface area (Å²) < 4.78 is 68.5. The highest BCUT2D eigenvalue weighted by atomic mass is 31.2. The van der Waals surface area contributed by atoms with Gasteiger partial charge in [0.2, 0.25) is 0 Å². The van der Waals surface area contributed by atoms with E-state index < -0.39 is 97.5 Å². The molecule has 0 rings (SSSR count). The SMILES string of the molecule is CC/C=C\C/C=C\C/C=C\CCCCCCCC(=O)OC(COC(=O)CCCCCCCC/C=C\C/C=C\C/C=C\CCCCC)COP(=O)(O)OCC(O)COP(=O)(O)OCC(COC(=O)CCCCCCC/C=C\C/C=C\CCC)OC(=O)CCCCCCC/C=C\CCCCCC. The number of rotatable bonds is 73. The second-order valence-corrected chi connectivity index (χ2v) is 28.8. The summed E-state index contributed by atoms with van der Waals surface area (Å²) in [7, 11) is -9.96. The Kier molecular flexibility index (Phi) is 69.9. The third-order valence-corrected chi connectivity index (χ3v) is 18.1. The monoisotopic (exact) mass is 1450 g/mol. The van der Waals surface area contributed by atoms with Gasteiger partial charge in [0.15, 0.2) is 12.2 Å². The summed E-state index contributed by atoms with van der Waals surface area (Å²) in [5.74, 6) is -2.22. The fourth-order valence-electron chi connectivity index (χ4n) is 10.2. The highest BCUT2D eigenvalue weighted by molar-refractivity contribution is 7.47. The minimum absolute atomic E-state index is 0.0710. The first-order valence-electron chi connectivity index (χ1n) is 39.1. The second kappa shape index (κ2) is 73.0. The molecule has 0 saturated heterocycles. The molecule has 0 radical (unpaired) electrons. The van der Waals surface area contributed by atoms with E-state index in [1.54, 1.807) is 0 Å². The number of esters is 4. The number of aliphatic hydroxyl groups excluding tert-OH is 1. The molecule has 3 N–H and O–H groups in total. The molecule has 5 atom stereocenters. The van der Waals surface area contributed by atoms with E-state index in [0.717, 1.165) is 199 Å². The van der Waals surface area contributed by atoms with E-state index in [4.69, 9.17) is 37.0 Å². The second-order valence-electron chi connectivity index (χ2n) is 25.9. The van der Waals surface area contributed by atoms with Gasteiger partial charge < -0.3 is 33.8 Å². The largest absolute Gasteiger partial charge is 0.472 e. The number of allylic oxidation sites excluding steroid dienone is 18. The van der Waals surface area contributed by atoms with Gasteiger partial charge in [-0.3, -0.25) is 37.3 Å². The quantitative estimate of drug-likeness (QED) is 0.0169. The Morgan fingerprint density at radius 3 is 0.870 bits per heavy atom. The van der Waals surface area contributed by atoms with Crippen LogP contribution in [0.3, 0.4) is 0 Å². The molecule has 0 saturated carbocycles. The van der Waals surface area contributed by atoms with Gasteiger partial charge in [-0.05, 0) is 148 Å². The normalized spacial score (nSPS) is 14.5. The summed E-state index contributed by atoms with van der Waals surface area (Å²) >= 11 is 0. The van der Waals surface area contributed by atoms with E-state index in [1.807, 2.05) is 0 Å². The molecular formula is C81H140O17P2. The number of aliphatic hydroxyl groups is 1. The summed E-state index contributed by atoms with van der Waals surface area (Å²) in [6.07, 6.45) is 77.8. The van der Waals surface area contributed by atoms with Gasteiger partial charge in [0.05, 0.1) is 26.4 Å². The van der Waals surface area contributed by atoms with Crippen LogP contribution in [0.25, 0.3) is 0 Å². The third-order valence-electron chi connectivity index (χ3n) is 16.2. The maximum atomic E-state index is 13.1. The molecule has 0 amide bonds. The van der Waals surface area contributed by atoms with Crippen molar-refractivity contribution in [2.24, 2.45) is 0 Å². The molecule has 0 spiro atoms. The van der Waals surface area contributed by atoms with Crippen LogP contribution in [-0.4, -0.2) is 96.7 Å². The van der Waals surface area contributed by atoms with Crippen molar-refractivity contribution in [1.29, 1.82) is 0 Å². The van der Waals surface area contributed by atoms with Crippen molar-refractivity contribution in [1.82, 2.24) is 0 Å². The fraction of sp³-hybridized carbons (Fsp3) is 0.728. The van der Waals surface area contributed by atoms with E-state index in [2.05, 4.69) is 137 Å². The summed E-state index contributed by atoms with van der Waals surface area (Å²) in [6, 6.07) is 0. The van der Waals surface area contributed by atoms with Gasteiger partial charge >= 0.3 is 39.5 Å². The van der Waals surface area contributed by atoms with Crippen molar-refractivity contribution >= 4 is 39.5 Å². The maximum absolute atomic E-state index is 13.1. The minimum atomic E-state index is -4.98. The van der Waals surface area contributed by atoms with Crippen molar-refractivity contribution in [3.63, 3.8) is 0 Å². The van der Waals surface area contributed by atoms with E-state index in [-0.39, 0.29) is 25.7 Å². The van der Waals surface area contributed by atoms with Crippen molar-refractivity contribution in [2.75, 3.05) is 39.6 Å². The molecule has 0 bridgehead atoms. The summed E-state index contributed by atoms with van der Waals surface area (Å²) in [6.45, 7) is 4.61. The van der Waals surface area contributed by atoms with Gasteiger partial charge in [0.25, 0.3) is 0 Å². The number of hydrogen-bond donors (Lipinski definition) is 3. The lowest BCUT2D eigenvalue weighted by Gasteiger charge is -2.21. The number of carbonyl (C=O) groups is 4. The lowest BCUT2D eigenvalue weighted by molar-refractivity contribution is -0.161.